The van der Waals surface area contributed by atoms with E-state index in [2.05, 4.69) is 38.1 Å². The Morgan fingerprint density at radius 2 is 1.03 bits per heavy atom. The first-order chi connectivity index (χ1) is 16.0. The van der Waals surface area contributed by atoms with Crippen LogP contribution in [0.3, 0.4) is 0 Å². The Kier molecular flexibility index (Phi) is 6.56. The molecule has 0 amide bonds. The minimum atomic E-state index is -4.22. The first-order valence-electron chi connectivity index (χ1n) is 11.3. The molecule has 0 aliphatic rings. The molecule has 0 aromatic heterocycles. The summed E-state index contributed by atoms with van der Waals surface area (Å²) in [6.45, 7) is 8.63. The van der Waals surface area contributed by atoms with Crippen molar-refractivity contribution in [3.05, 3.63) is 120 Å². The molecule has 0 radical (unpaired) electrons. The molecule has 4 aromatic rings. The Hall–Kier alpha value is -3.13. The van der Waals surface area contributed by atoms with E-state index in [9.17, 15) is 0 Å². The van der Waals surface area contributed by atoms with Gasteiger partial charge in [-0.2, -0.15) is 0 Å². The van der Waals surface area contributed by atoms with Gasteiger partial charge in [-0.15, -0.1) is 0 Å². The molecule has 170 valence electrons. The van der Waals surface area contributed by atoms with Crippen molar-refractivity contribution in [1.29, 1.82) is 0 Å². The molecule has 0 atom stereocenters. The fourth-order valence-electron chi connectivity index (χ4n) is 4.27. The maximum atomic E-state index is 7.18. The fraction of sp³-hybridized carbons (Fsp3) is 0.172. The van der Waals surface area contributed by atoms with Crippen LogP contribution >= 0.6 is 7.28 Å². The molecule has 0 unspecified atom stereocenters. The summed E-state index contributed by atoms with van der Waals surface area (Å²) in [7, 11) is -4.22. The number of rotatable bonds is 8. The summed E-state index contributed by atoms with van der Waals surface area (Å²) in [5.41, 5.74) is 3.12. The van der Waals surface area contributed by atoms with Gasteiger partial charge in [-0.3, -0.25) is 0 Å². The summed E-state index contributed by atoms with van der Waals surface area (Å²) in [6, 6.07) is 34.3. The Balaban J connectivity index is 2.16. The molecule has 0 spiro atoms. The first kappa shape index (κ1) is 23.0. The van der Waals surface area contributed by atoms with Crippen molar-refractivity contribution in [1.82, 2.24) is 0 Å². The molecule has 0 saturated heterocycles. The van der Waals surface area contributed by atoms with E-state index in [1.807, 2.05) is 92.7 Å². The van der Waals surface area contributed by atoms with E-state index < -0.39 is 7.28 Å². The molecular formula is C29H31O3P. The van der Waals surface area contributed by atoms with Crippen molar-refractivity contribution in [2.45, 2.75) is 27.7 Å². The van der Waals surface area contributed by atoms with E-state index in [1.165, 1.54) is 0 Å². The summed E-state index contributed by atoms with van der Waals surface area (Å²) in [4.78, 5) is 0. The Labute approximate surface area is 197 Å². The van der Waals surface area contributed by atoms with Gasteiger partial charge in [0.1, 0.15) is 0 Å². The monoisotopic (exact) mass is 458 g/mol. The van der Waals surface area contributed by atoms with Gasteiger partial charge >= 0.3 is 197 Å². The first-order valence-corrected chi connectivity index (χ1v) is 13.3. The van der Waals surface area contributed by atoms with Gasteiger partial charge < -0.3 is 0 Å². The van der Waals surface area contributed by atoms with Crippen molar-refractivity contribution in [2.24, 2.45) is 0 Å². The van der Waals surface area contributed by atoms with Crippen LogP contribution in [0.4, 0.5) is 0 Å². The molecule has 0 aliphatic carbocycles. The van der Waals surface area contributed by atoms with E-state index in [4.69, 9.17) is 13.6 Å². The van der Waals surface area contributed by atoms with Crippen molar-refractivity contribution in [2.75, 3.05) is 6.61 Å². The molecule has 4 rings (SSSR count). The zero-order valence-corrected chi connectivity index (χ0v) is 20.6. The molecule has 0 aliphatic heterocycles. The third-order valence-corrected chi connectivity index (χ3v) is 10.3. The predicted molar refractivity (Wildman–Crippen MR) is 139 cm³/mol. The van der Waals surface area contributed by atoms with Gasteiger partial charge in [0.15, 0.2) is 0 Å². The standard InChI is InChI=1S/C29H31O3P/c1-5-30-33(28-21-13-10-16-24(28)3,29-22-14-11-17-25(29)4,31-26-18-7-6-8-19-26)32-27-20-12-9-15-23(27)2/h6-22H,5H2,1-4H3. The summed E-state index contributed by atoms with van der Waals surface area (Å²) >= 11 is 0. The van der Waals surface area contributed by atoms with Crippen molar-refractivity contribution in [3.63, 3.8) is 0 Å². The van der Waals surface area contributed by atoms with Crippen molar-refractivity contribution in [3.8, 4) is 11.5 Å². The number of benzene rings is 4. The molecule has 3 nitrogen and oxygen atoms in total. The van der Waals surface area contributed by atoms with Gasteiger partial charge in [0.2, 0.25) is 0 Å². The van der Waals surface area contributed by atoms with E-state index in [0.717, 1.165) is 33.0 Å². The quantitative estimate of drug-likeness (QED) is 0.265. The van der Waals surface area contributed by atoms with E-state index in [0.29, 0.717) is 12.4 Å². The Morgan fingerprint density at radius 1 is 0.545 bits per heavy atom. The molecule has 0 N–H and O–H groups in total. The molecule has 33 heavy (non-hydrogen) atoms. The van der Waals surface area contributed by atoms with Crippen LogP contribution < -0.4 is 19.7 Å². The second-order valence-electron chi connectivity index (χ2n) is 8.14. The van der Waals surface area contributed by atoms with Crippen LogP contribution in [0.1, 0.15) is 23.6 Å². The molecule has 4 heteroatoms. The number of para-hydroxylation sites is 2. The zero-order chi connectivity index (χ0) is 23.3. The third-order valence-electron chi connectivity index (χ3n) is 5.80. The van der Waals surface area contributed by atoms with Crippen LogP contribution in [0.5, 0.6) is 11.5 Å². The second kappa shape index (κ2) is 9.39. The third kappa shape index (κ3) is 4.15. The zero-order valence-electron chi connectivity index (χ0n) is 19.7. The van der Waals surface area contributed by atoms with E-state index >= 15 is 0 Å². The van der Waals surface area contributed by atoms with Gasteiger partial charge in [-0.25, -0.2) is 0 Å². The van der Waals surface area contributed by atoms with Crippen LogP contribution in [-0.2, 0) is 4.52 Å². The van der Waals surface area contributed by atoms with Gasteiger partial charge in [0.05, 0.1) is 0 Å². The molecule has 0 fully saturated rings. The Bertz CT molecular complexity index is 1190. The molecule has 4 aromatic carbocycles. The molecular weight excluding hydrogens is 427 g/mol. The Morgan fingerprint density at radius 3 is 1.55 bits per heavy atom. The van der Waals surface area contributed by atoms with Crippen molar-refractivity contribution >= 4 is 17.9 Å². The van der Waals surface area contributed by atoms with Crippen LogP contribution in [-0.4, -0.2) is 6.61 Å². The number of hydrogen-bond donors (Lipinski definition) is 0. The summed E-state index contributed by atoms with van der Waals surface area (Å²) in [5.74, 6) is 1.44. The van der Waals surface area contributed by atoms with Crippen LogP contribution in [0.25, 0.3) is 0 Å². The SMILES string of the molecule is CCOP(Oc1ccccc1)(Oc1ccccc1C)(c1ccccc1C)c1ccccc1C. The summed E-state index contributed by atoms with van der Waals surface area (Å²) < 4.78 is 21.2. The normalized spacial score (nSPS) is 12.5. The van der Waals surface area contributed by atoms with E-state index in [1.54, 1.807) is 0 Å². The van der Waals surface area contributed by atoms with Gasteiger partial charge in [0, 0.05) is 0 Å². The molecule has 0 heterocycles. The second-order valence-corrected chi connectivity index (χ2v) is 11.5. The fourth-order valence-corrected chi connectivity index (χ4v) is 8.94. The molecule has 0 bridgehead atoms. The topological polar surface area (TPSA) is 27.7 Å². The average molecular weight is 459 g/mol. The number of hydrogen-bond acceptors (Lipinski definition) is 3. The van der Waals surface area contributed by atoms with Gasteiger partial charge in [-0.1, -0.05) is 0 Å². The minimum absolute atomic E-state index is 0.416. The maximum absolute atomic E-state index is 7.18. The van der Waals surface area contributed by atoms with Crippen LogP contribution in [0.2, 0.25) is 0 Å². The predicted octanol–water partition coefficient (Wildman–Crippen LogP) is 7.06. The van der Waals surface area contributed by atoms with Gasteiger partial charge in [-0.05, 0) is 0 Å². The van der Waals surface area contributed by atoms with Crippen LogP contribution in [0, 0.1) is 20.8 Å². The summed E-state index contributed by atoms with van der Waals surface area (Å²) in [5, 5.41) is 1.85. The van der Waals surface area contributed by atoms with Crippen molar-refractivity contribution < 1.29 is 13.6 Å². The van der Waals surface area contributed by atoms with E-state index in [-0.39, 0.29) is 0 Å². The average Bonchev–Trinajstić information content (AvgIpc) is 2.82. The molecule has 0 saturated carbocycles. The van der Waals surface area contributed by atoms with Gasteiger partial charge in [0.25, 0.3) is 0 Å². The summed E-state index contributed by atoms with van der Waals surface area (Å²) in [6.07, 6.45) is 0. The van der Waals surface area contributed by atoms with Crippen LogP contribution in [0.15, 0.2) is 103 Å². The number of aryl methyl sites for hydroxylation is 3.